The van der Waals surface area contributed by atoms with Gasteiger partial charge in [0.15, 0.2) is 0 Å². The van der Waals surface area contributed by atoms with Crippen LogP contribution in [-0.2, 0) is 9.09 Å². The summed E-state index contributed by atoms with van der Waals surface area (Å²) in [6, 6.07) is 0.973. The van der Waals surface area contributed by atoms with Gasteiger partial charge < -0.3 is 4.52 Å². The Morgan fingerprint density at radius 1 is 1.12 bits per heavy atom. The van der Waals surface area contributed by atoms with Gasteiger partial charge in [0.05, 0.1) is 6.61 Å². The predicted octanol–water partition coefficient (Wildman–Crippen LogP) is 3.10. The fourth-order valence-corrected chi connectivity index (χ4v) is 5.16. The molecule has 0 bridgehead atoms. The van der Waals surface area contributed by atoms with Crippen LogP contribution in [0.2, 0.25) is 0 Å². The molecule has 3 unspecified atom stereocenters. The van der Waals surface area contributed by atoms with E-state index in [0.717, 1.165) is 38.8 Å². The molecule has 0 saturated carbocycles. The van der Waals surface area contributed by atoms with E-state index in [4.69, 9.17) is 4.52 Å². The zero-order valence-corrected chi connectivity index (χ0v) is 12.2. The molecular weight excluding hydrogens is 235 g/mol. The molecule has 2 aliphatic rings. The summed E-state index contributed by atoms with van der Waals surface area (Å²) in [5.74, 6) is 0. The summed E-state index contributed by atoms with van der Waals surface area (Å²) in [4.78, 5) is 0. The molecule has 4 nitrogen and oxygen atoms in total. The van der Waals surface area contributed by atoms with Crippen molar-refractivity contribution in [2.45, 2.75) is 58.5 Å². The summed E-state index contributed by atoms with van der Waals surface area (Å²) in [7, 11) is -2.65. The van der Waals surface area contributed by atoms with Crippen molar-refractivity contribution in [1.29, 1.82) is 0 Å². The largest absolute Gasteiger partial charge is 0.346 e. The molecule has 2 heterocycles. The van der Waals surface area contributed by atoms with Gasteiger partial charge in [0.25, 0.3) is 0 Å². The molecule has 0 aliphatic carbocycles. The van der Waals surface area contributed by atoms with Crippen molar-refractivity contribution < 1.29 is 9.09 Å². The van der Waals surface area contributed by atoms with Gasteiger partial charge in [0.2, 0.25) is 0 Å². The van der Waals surface area contributed by atoms with Crippen LogP contribution in [0.4, 0.5) is 0 Å². The lowest BCUT2D eigenvalue weighted by molar-refractivity contribution is 0.262. The van der Waals surface area contributed by atoms with E-state index in [1.807, 2.05) is 0 Å². The molecule has 0 aromatic heterocycles. The second-order valence-electron chi connectivity index (χ2n) is 5.05. The van der Waals surface area contributed by atoms with E-state index in [-0.39, 0.29) is 0 Å². The van der Waals surface area contributed by atoms with Crippen LogP contribution in [0.25, 0.3) is 0 Å². The minimum atomic E-state index is -2.65. The highest BCUT2D eigenvalue weighted by Crippen LogP contribution is 2.65. The van der Waals surface area contributed by atoms with Crippen molar-refractivity contribution in [3.05, 3.63) is 0 Å². The minimum absolute atomic E-state index is 0.487. The van der Waals surface area contributed by atoms with E-state index in [1.165, 1.54) is 0 Å². The van der Waals surface area contributed by atoms with Crippen LogP contribution in [0.1, 0.15) is 46.5 Å². The van der Waals surface area contributed by atoms with Gasteiger partial charge in [-0.1, -0.05) is 27.2 Å². The van der Waals surface area contributed by atoms with Gasteiger partial charge >= 0.3 is 7.67 Å². The van der Waals surface area contributed by atoms with E-state index in [0.29, 0.717) is 18.7 Å². The average molecular weight is 260 g/mol. The first-order valence-electron chi connectivity index (χ1n) is 6.96. The van der Waals surface area contributed by atoms with Crippen LogP contribution < -0.4 is 0 Å². The van der Waals surface area contributed by atoms with Gasteiger partial charge in [0.1, 0.15) is 0 Å². The van der Waals surface area contributed by atoms with Gasteiger partial charge in [-0.05, 0) is 19.3 Å². The lowest BCUT2D eigenvalue weighted by Crippen LogP contribution is -2.12. The lowest BCUT2D eigenvalue weighted by Gasteiger charge is -2.21. The number of hydrogen-bond acceptors (Lipinski definition) is 2. The molecule has 0 aromatic carbocycles. The Balaban J connectivity index is 1.95. The van der Waals surface area contributed by atoms with Crippen molar-refractivity contribution >= 4 is 7.67 Å². The first kappa shape index (κ1) is 13.5. The molecule has 0 spiro atoms. The normalized spacial score (nSPS) is 38.8. The topological polar surface area (TPSA) is 32.3 Å². The highest BCUT2D eigenvalue weighted by atomic mass is 31.2. The van der Waals surface area contributed by atoms with Crippen molar-refractivity contribution in [2.75, 3.05) is 19.7 Å². The van der Waals surface area contributed by atoms with Crippen LogP contribution in [0.3, 0.4) is 0 Å². The molecule has 0 aromatic rings. The van der Waals surface area contributed by atoms with E-state index < -0.39 is 7.67 Å². The number of hydrogen-bond donors (Lipinski definition) is 0. The Bertz CT molecular complexity index is 289. The molecule has 2 saturated heterocycles. The summed E-state index contributed by atoms with van der Waals surface area (Å²) in [5.41, 5.74) is 0. The Hall–Kier alpha value is 0.110. The van der Waals surface area contributed by atoms with Gasteiger partial charge in [-0.3, -0.25) is 4.57 Å². The third-order valence-corrected chi connectivity index (χ3v) is 6.52. The van der Waals surface area contributed by atoms with E-state index in [1.54, 1.807) is 0 Å². The molecule has 0 radical (unpaired) electrons. The van der Waals surface area contributed by atoms with Gasteiger partial charge in [-0.25, -0.2) is 9.34 Å². The third-order valence-electron chi connectivity index (χ3n) is 3.72. The zero-order chi connectivity index (χ0) is 12.5. The smallest absolute Gasteiger partial charge is 0.306 e. The highest BCUT2D eigenvalue weighted by molar-refractivity contribution is 7.54. The Morgan fingerprint density at radius 3 is 2.00 bits per heavy atom. The fraction of sp³-hybridized carbons (Fsp3) is 1.00. The van der Waals surface area contributed by atoms with Gasteiger partial charge in [0, 0.05) is 25.2 Å². The monoisotopic (exact) mass is 260 g/mol. The van der Waals surface area contributed by atoms with Crippen molar-refractivity contribution in [1.82, 2.24) is 9.34 Å². The van der Waals surface area contributed by atoms with Crippen LogP contribution >= 0.6 is 7.67 Å². The van der Waals surface area contributed by atoms with Crippen molar-refractivity contribution in [3.63, 3.8) is 0 Å². The summed E-state index contributed by atoms with van der Waals surface area (Å²) in [6.45, 7) is 8.97. The molecule has 0 N–H and O–H groups in total. The van der Waals surface area contributed by atoms with E-state index in [9.17, 15) is 4.57 Å². The molecule has 0 amide bonds. The molecule has 2 rings (SSSR count). The van der Waals surface area contributed by atoms with Crippen LogP contribution in [0, 0.1) is 0 Å². The maximum Gasteiger partial charge on any atom is 0.346 e. The Labute approximate surface area is 105 Å². The quantitative estimate of drug-likeness (QED) is 0.381. The predicted molar refractivity (Wildman–Crippen MR) is 70.0 cm³/mol. The van der Waals surface area contributed by atoms with E-state index >= 15 is 0 Å². The highest BCUT2D eigenvalue weighted by Gasteiger charge is 2.57. The Morgan fingerprint density at radius 2 is 1.65 bits per heavy atom. The average Bonchev–Trinajstić information content (AvgIpc) is 3.20. The molecule has 2 aliphatic heterocycles. The van der Waals surface area contributed by atoms with Crippen LogP contribution in [0.5, 0.6) is 0 Å². The summed E-state index contributed by atoms with van der Waals surface area (Å²) in [6.07, 6.45) is 4.24. The van der Waals surface area contributed by atoms with Gasteiger partial charge in [-0.2, -0.15) is 0 Å². The summed E-state index contributed by atoms with van der Waals surface area (Å²) < 4.78 is 22.9. The molecular formula is C12H25N2O2P. The first-order chi connectivity index (χ1) is 8.17. The minimum Gasteiger partial charge on any atom is -0.306 e. The summed E-state index contributed by atoms with van der Waals surface area (Å²) in [5, 5.41) is 0. The maximum atomic E-state index is 13.0. The lowest BCUT2D eigenvalue weighted by atomic mass is 10.4. The molecule has 5 atom stereocenters. The number of nitrogens with zero attached hydrogens (tertiary/aromatic N) is 2. The molecule has 5 heteroatoms. The number of unbranched alkanes of at least 4 members (excludes halogenated alkanes) is 1. The fourth-order valence-electron chi connectivity index (χ4n) is 2.26. The van der Waals surface area contributed by atoms with Crippen LogP contribution in [0.15, 0.2) is 0 Å². The molecule has 17 heavy (non-hydrogen) atoms. The van der Waals surface area contributed by atoms with Crippen molar-refractivity contribution in [2.24, 2.45) is 0 Å². The summed E-state index contributed by atoms with van der Waals surface area (Å²) >= 11 is 0. The third kappa shape index (κ3) is 2.76. The van der Waals surface area contributed by atoms with Crippen LogP contribution in [-0.4, -0.2) is 41.1 Å². The van der Waals surface area contributed by atoms with Gasteiger partial charge in [-0.15, -0.1) is 0 Å². The zero-order valence-electron chi connectivity index (χ0n) is 11.3. The number of rotatable bonds is 8. The molecule has 2 fully saturated rings. The first-order valence-corrected chi connectivity index (χ1v) is 8.49. The standard InChI is InChI=1S/C12H25N2O2P/c1-4-7-8-16-17(15,13-9-11(13)5-2)14-10-12(14)6-3/h11-12H,4-10H2,1-3H3/t11-,12+,13?,14?,17?. The second-order valence-corrected chi connectivity index (χ2v) is 7.31. The maximum absolute atomic E-state index is 13.0. The molecule has 100 valence electrons. The van der Waals surface area contributed by atoms with E-state index in [2.05, 4.69) is 30.1 Å². The van der Waals surface area contributed by atoms with Crippen molar-refractivity contribution in [3.8, 4) is 0 Å². The SMILES string of the molecule is CCCCOP(=O)(N1C[C@H]1CC)N1C[C@@H]1CC. The Kier molecular flexibility index (Phi) is 4.30. The second kappa shape index (κ2) is 5.40.